The zero-order valence-corrected chi connectivity index (χ0v) is 19.2. The largest absolute Gasteiger partial charge is 0.506 e. The number of rotatable bonds is 11. The summed E-state index contributed by atoms with van der Waals surface area (Å²) in [7, 11) is -3.61. The Morgan fingerprint density at radius 3 is 2.24 bits per heavy atom. The molecular weight excluding hydrogens is 466 g/mol. The lowest BCUT2D eigenvalue weighted by molar-refractivity contribution is -0.0498. The molecule has 4 N–H and O–H groups in total. The lowest BCUT2D eigenvalue weighted by Gasteiger charge is -2.22. The summed E-state index contributed by atoms with van der Waals surface area (Å²) in [6, 6.07) is 19.8. The molecule has 0 fully saturated rings. The molecule has 0 bridgehead atoms. The number of benzene rings is 3. The fourth-order valence-corrected chi connectivity index (χ4v) is 4.02. The summed E-state index contributed by atoms with van der Waals surface area (Å²) in [5.74, 6) is -0.213. The molecule has 0 saturated carbocycles. The predicted molar refractivity (Wildman–Crippen MR) is 125 cm³/mol. The molecule has 34 heavy (non-hydrogen) atoms. The fourth-order valence-electron chi connectivity index (χ4n) is 3.45. The number of alkyl halides is 2. The highest BCUT2D eigenvalue weighted by atomic mass is 32.2. The topological polar surface area (TPSA) is 108 Å². The lowest BCUT2D eigenvalue weighted by Crippen LogP contribution is -2.28. The van der Waals surface area contributed by atoms with Crippen LogP contribution >= 0.6 is 0 Å². The van der Waals surface area contributed by atoms with Gasteiger partial charge in [0.05, 0.1) is 18.0 Å². The van der Waals surface area contributed by atoms with E-state index >= 15 is 0 Å². The summed E-state index contributed by atoms with van der Waals surface area (Å²) in [6.45, 7) is -2.80. The quantitative estimate of drug-likeness (QED) is 0.302. The van der Waals surface area contributed by atoms with Gasteiger partial charge in [-0.05, 0) is 47.4 Å². The third-order valence-corrected chi connectivity index (χ3v) is 5.64. The van der Waals surface area contributed by atoms with Crippen LogP contribution in [0.2, 0.25) is 0 Å². The third-order valence-electron chi connectivity index (χ3n) is 5.05. The molecule has 3 rings (SSSR count). The Balaban J connectivity index is 1.76. The molecule has 0 aliphatic heterocycles. The van der Waals surface area contributed by atoms with Crippen LogP contribution < -0.4 is 14.8 Å². The number of hydrogen-bond acceptors (Lipinski definition) is 6. The highest BCUT2D eigenvalue weighted by Crippen LogP contribution is 2.28. The minimum Gasteiger partial charge on any atom is -0.506 e. The van der Waals surface area contributed by atoms with Crippen molar-refractivity contribution in [3.63, 3.8) is 0 Å². The second kappa shape index (κ2) is 11.3. The Kier molecular flexibility index (Phi) is 8.43. The van der Waals surface area contributed by atoms with Gasteiger partial charge in [0, 0.05) is 12.6 Å². The highest BCUT2D eigenvalue weighted by Gasteiger charge is 2.17. The lowest BCUT2D eigenvalue weighted by atomic mass is 9.98. The number of aromatic hydroxyl groups is 1. The molecule has 0 aliphatic carbocycles. The van der Waals surface area contributed by atoms with Gasteiger partial charge in [-0.2, -0.15) is 8.78 Å². The van der Waals surface area contributed by atoms with Crippen LogP contribution in [0.4, 0.5) is 14.5 Å². The second-order valence-corrected chi connectivity index (χ2v) is 9.51. The van der Waals surface area contributed by atoms with E-state index in [-0.39, 0.29) is 29.8 Å². The monoisotopic (exact) mass is 492 g/mol. The van der Waals surface area contributed by atoms with Crippen LogP contribution in [0.15, 0.2) is 72.8 Å². The second-order valence-electron chi connectivity index (χ2n) is 7.76. The van der Waals surface area contributed by atoms with Crippen LogP contribution in [-0.2, 0) is 16.4 Å². The van der Waals surface area contributed by atoms with E-state index in [9.17, 15) is 27.4 Å². The van der Waals surface area contributed by atoms with Crippen molar-refractivity contribution in [1.29, 1.82) is 0 Å². The third kappa shape index (κ3) is 7.68. The number of phenolic OH excluding ortho intramolecular Hbond substituents is 1. The summed E-state index contributed by atoms with van der Waals surface area (Å²) < 4.78 is 54.6. The molecule has 3 aromatic rings. The van der Waals surface area contributed by atoms with Gasteiger partial charge in [0.1, 0.15) is 11.5 Å². The standard InChI is InChI=1S/C24H26F2N2O5S/c1-34(31,32)28-21-14-18(9-12-22(21)29)23(30)15-27-20(13-16-5-3-2-4-6-16)17-7-10-19(11-8-17)33-24(25)26/h2-12,14,20,23-24,27-30H,13,15H2,1H3/t20?,23-/m1/s1. The van der Waals surface area contributed by atoms with Crippen molar-refractivity contribution in [1.82, 2.24) is 5.32 Å². The summed E-state index contributed by atoms with van der Waals surface area (Å²) >= 11 is 0. The molecule has 0 spiro atoms. The molecule has 0 radical (unpaired) electrons. The average Bonchev–Trinajstić information content (AvgIpc) is 2.78. The van der Waals surface area contributed by atoms with Gasteiger partial charge in [0.15, 0.2) is 0 Å². The summed E-state index contributed by atoms with van der Waals surface area (Å²) in [5.41, 5.74) is 2.21. The number of hydrogen-bond donors (Lipinski definition) is 4. The first-order chi connectivity index (χ1) is 16.1. The molecule has 182 valence electrons. The number of anilines is 1. The van der Waals surface area contributed by atoms with E-state index in [1.165, 1.54) is 30.3 Å². The van der Waals surface area contributed by atoms with Gasteiger partial charge < -0.3 is 20.3 Å². The van der Waals surface area contributed by atoms with Gasteiger partial charge in [0.25, 0.3) is 0 Å². The van der Waals surface area contributed by atoms with Gasteiger partial charge in [-0.25, -0.2) is 8.42 Å². The maximum absolute atomic E-state index is 12.5. The van der Waals surface area contributed by atoms with E-state index in [0.29, 0.717) is 12.0 Å². The number of phenols is 1. The zero-order chi connectivity index (χ0) is 24.7. The van der Waals surface area contributed by atoms with Crippen LogP contribution in [-0.4, -0.2) is 38.0 Å². The van der Waals surface area contributed by atoms with Crippen LogP contribution in [0.5, 0.6) is 11.5 Å². The number of halogens is 2. The molecule has 2 atom stereocenters. The number of sulfonamides is 1. The van der Waals surface area contributed by atoms with E-state index in [2.05, 4.69) is 14.8 Å². The number of aliphatic hydroxyl groups is 1. The molecule has 10 heteroatoms. The van der Waals surface area contributed by atoms with Crippen LogP contribution in [0.25, 0.3) is 0 Å². The van der Waals surface area contributed by atoms with Gasteiger partial charge >= 0.3 is 6.61 Å². The smallest absolute Gasteiger partial charge is 0.387 e. The molecule has 0 amide bonds. The molecular formula is C24H26F2N2O5S. The van der Waals surface area contributed by atoms with E-state index in [1.807, 2.05) is 30.3 Å². The molecule has 0 saturated heterocycles. The first kappa shape index (κ1) is 25.4. The van der Waals surface area contributed by atoms with Crippen LogP contribution in [0.3, 0.4) is 0 Å². The Bertz CT molecular complexity index is 1180. The van der Waals surface area contributed by atoms with Crippen molar-refractivity contribution in [3.8, 4) is 11.5 Å². The van der Waals surface area contributed by atoms with Crippen molar-refractivity contribution in [2.75, 3.05) is 17.5 Å². The Hall–Kier alpha value is -3.21. The van der Waals surface area contributed by atoms with E-state index in [1.54, 1.807) is 12.1 Å². The number of nitrogens with one attached hydrogen (secondary N) is 2. The molecule has 7 nitrogen and oxygen atoms in total. The minimum absolute atomic E-state index is 0.0329. The van der Waals surface area contributed by atoms with Gasteiger partial charge in [-0.15, -0.1) is 0 Å². The molecule has 3 aromatic carbocycles. The zero-order valence-electron chi connectivity index (χ0n) is 18.4. The summed E-state index contributed by atoms with van der Waals surface area (Å²) in [6.07, 6.45) is 0.516. The van der Waals surface area contributed by atoms with Gasteiger partial charge in [-0.1, -0.05) is 48.5 Å². The van der Waals surface area contributed by atoms with Crippen molar-refractivity contribution in [3.05, 3.63) is 89.5 Å². The molecule has 0 aliphatic rings. The van der Waals surface area contributed by atoms with Crippen molar-refractivity contribution >= 4 is 15.7 Å². The van der Waals surface area contributed by atoms with E-state index < -0.39 is 22.7 Å². The first-order valence-electron chi connectivity index (χ1n) is 10.4. The Labute approximate surface area is 197 Å². The van der Waals surface area contributed by atoms with E-state index in [4.69, 9.17) is 0 Å². The SMILES string of the molecule is CS(=O)(=O)Nc1cc([C@H](O)CNC(Cc2ccccc2)c2ccc(OC(F)F)cc2)ccc1O. The van der Waals surface area contributed by atoms with Crippen molar-refractivity contribution in [2.45, 2.75) is 25.2 Å². The first-order valence-corrected chi connectivity index (χ1v) is 12.3. The van der Waals surface area contributed by atoms with Gasteiger partial charge in [-0.3, -0.25) is 4.72 Å². The van der Waals surface area contributed by atoms with Crippen molar-refractivity contribution in [2.24, 2.45) is 0 Å². The Morgan fingerprint density at radius 2 is 1.62 bits per heavy atom. The maximum Gasteiger partial charge on any atom is 0.387 e. The van der Waals surface area contributed by atoms with E-state index in [0.717, 1.165) is 17.4 Å². The maximum atomic E-state index is 12.5. The van der Waals surface area contributed by atoms with Crippen molar-refractivity contribution < 1.29 is 32.1 Å². The highest BCUT2D eigenvalue weighted by molar-refractivity contribution is 7.92. The predicted octanol–water partition coefficient (Wildman–Crippen LogP) is 3.97. The number of aliphatic hydroxyl groups excluding tert-OH is 1. The Morgan fingerprint density at radius 1 is 0.971 bits per heavy atom. The normalized spacial score (nSPS) is 13.4. The molecule has 1 unspecified atom stereocenters. The van der Waals surface area contributed by atoms with Crippen LogP contribution in [0.1, 0.15) is 28.8 Å². The van der Waals surface area contributed by atoms with Gasteiger partial charge in [0.2, 0.25) is 10.0 Å². The summed E-state index contributed by atoms with van der Waals surface area (Å²) in [5, 5.41) is 23.9. The number of ether oxygens (including phenoxy) is 1. The molecule has 0 aromatic heterocycles. The fraction of sp³-hybridized carbons (Fsp3) is 0.250. The average molecular weight is 493 g/mol. The molecule has 0 heterocycles. The summed E-state index contributed by atoms with van der Waals surface area (Å²) in [4.78, 5) is 0. The van der Waals surface area contributed by atoms with Crippen LogP contribution in [0, 0.1) is 0 Å². The minimum atomic E-state index is -3.61.